The zero-order chi connectivity index (χ0) is 27.3. The first kappa shape index (κ1) is 25.5. The molecule has 0 bridgehead atoms. The van der Waals surface area contributed by atoms with Gasteiger partial charge in [0.25, 0.3) is 0 Å². The fourth-order valence-corrected chi connectivity index (χ4v) is 4.99. The second kappa shape index (κ2) is 11.5. The quantitative estimate of drug-likeness (QED) is 0.293. The number of fused-ring (bicyclic) bond motifs is 1. The number of hydrogen-bond donors (Lipinski definition) is 2. The van der Waals surface area contributed by atoms with Crippen LogP contribution in [0.1, 0.15) is 11.1 Å². The number of piperazine rings is 1. The summed E-state index contributed by atoms with van der Waals surface area (Å²) in [7, 11) is 0. The minimum absolute atomic E-state index is 0.0658. The zero-order valence-corrected chi connectivity index (χ0v) is 22.2. The smallest absolute Gasteiger partial charge is 0.228 e. The molecule has 0 radical (unpaired) electrons. The summed E-state index contributed by atoms with van der Waals surface area (Å²) in [5.74, 6) is 0.841. The lowest BCUT2D eigenvalue weighted by Gasteiger charge is -2.35. The zero-order valence-electron chi connectivity index (χ0n) is 22.2. The van der Waals surface area contributed by atoms with Crippen molar-refractivity contribution >= 4 is 34.1 Å². The molecule has 0 saturated carbocycles. The number of nitrogens with one attached hydrogen (secondary N) is 1. The van der Waals surface area contributed by atoms with Gasteiger partial charge in [-0.15, -0.1) is 0 Å². The molecule has 40 heavy (non-hydrogen) atoms. The maximum atomic E-state index is 12.5. The summed E-state index contributed by atoms with van der Waals surface area (Å²) in [6.45, 7) is 4.67. The molecular weight excluding hydrogens is 498 g/mol. The maximum Gasteiger partial charge on any atom is 0.228 e. The number of nitrogen functional groups attached to an aromatic ring is 1. The van der Waals surface area contributed by atoms with Gasteiger partial charge in [-0.05, 0) is 64.7 Å². The van der Waals surface area contributed by atoms with Crippen LogP contribution in [0.5, 0.6) is 0 Å². The largest absolute Gasteiger partial charge is 0.399 e. The van der Waals surface area contributed by atoms with E-state index < -0.39 is 0 Å². The van der Waals surface area contributed by atoms with Gasteiger partial charge in [0.05, 0.1) is 23.7 Å². The minimum Gasteiger partial charge on any atom is -0.399 e. The Hall–Kier alpha value is -4.82. The molecular formula is C32H31N7O. The molecule has 3 heterocycles. The monoisotopic (exact) mass is 529 g/mol. The van der Waals surface area contributed by atoms with E-state index in [1.54, 1.807) is 12.1 Å². The third kappa shape index (κ3) is 6.08. The number of nitrogens with zero attached hydrogens (tertiary/aromatic N) is 5. The van der Waals surface area contributed by atoms with E-state index in [2.05, 4.69) is 43.3 Å². The second-order valence-corrected chi connectivity index (χ2v) is 10.1. The molecule has 8 nitrogen and oxygen atoms in total. The van der Waals surface area contributed by atoms with Crippen LogP contribution < -0.4 is 16.0 Å². The van der Waals surface area contributed by atoms with Crippen molar-refractivity contribution in [2.45, 2.75) is 13.0 Å². The molecule has 6 rings (SSSR count). The van der Waals surface area contributed by atoms with Gasteiger partial charge in [-0.1, -0.05) is 36.4 Å². The van der Waals surface area contributed by atoms with Crippen LogP contribution in [-0.4, -0.2) is 51.9 Å². The van der Waals surface area contributed by atoms with Crippen LogP contribution in [0, 0.1) is 0 Å². The van der Waals surface area contributed by atoms with E-state index in [4.69, 9.17) is 10.7 Å². The number of benzene rings is 3. The number of aromatic nitrogens is 3. The third-order valence-corrected chi connectivity index (χ3v) is 7.20. The van der Waals surface area contributed by atoms with Crippen molar-refractivity contribution in [2.24, 2.45) is 0 Å². The lowest BCUT2D eigenvalue weighted by Crippen LogP contribution is -2.46. The Morgan fingerprint density at radius 1 is 0.825 bits per heavy atom. The average molecular weight is 530 g/mol. The Morgan fingerprint density at radius 3 is 2.35 bits per heavy atom. The molecule has 0 spiro atoms. The van der Waals surface area contributed by atoms with Gasteiger partial charge < -0.3 is 16.0 Å². The third-order valence-electron chi connectivity index (χ3n) is 7.20. The molecule has 0 unspecified atom stereocenters. The first-order valence-corrected chi connectivity index (χ1v) is 13.5. The second-order valence-electron chi connectivity index (χ2n) is 10.1. The van der Waals surface area contributed by atoms with E-state index in [0.29, 0.717) is 12.1 Å². The van der Waals surface area contributed by atoms with E-state index in [0.717, 1.165) is 72.0 Å². The molecule has 1 saturated heterocycles. The number of carbonyl (C=O) groups excluding carboxylic acids is 1. The Labute approximate surface area is 233 Å². The summed E-state index contributed by atoms with van der Waals surface area (Å²) in [4.78, 5) is 31.1. The summed E-state index contributed by atoms with van der Waals surface area (Å²) in [5, 5.41) is 2.97. The molecule has 8 heteroatoms. The molecule has 200 valence electrons. The summed E-state index contributed by atoms with van der Waals surface area (Å²) >= 11 is 0. The van der Waals surface area contributed by atoms with Crippen LogP contribution in [0.15, 0.2) is 97.5 Å². The molecule has 5 aromatic rings. The minimum atomic E-state index is -0.0658. The SMILES string of the molecule is Nc1ccc(CC(=O)Nc2ccc(-c3ccc4ncc(N5CCN(Cc6cccnc6)CC5)nc4c3)cc2)cc1. The number of pyridine rings is 1. The van der Waals surface area contributed by atoms with E-state index in [1.165, 1.54) is 5.56 Å². The van der Waals surface area contributed by atoms with Crippen molar-refractivity contribution in [3.05, 3.63) is 109 Å². The summed E-state index contributed by atoms with van der Waals surface area (Å²) < 4.78 is 0. The van der Waals surface area contributed by atoms with Crippen LogP contribution in [0.25, 0.3) is 22.2 Å². The highest BCUT2D eigenvalue weighted by Gasteiger charge is 2.19. The van der Waals surface area contributed by atoms with Gasteiger partial charge in [-0.3, -0.25) is 19.7 Å². The number of amides is 1. The standard InChI is InChI=1S/C32H31N7O/c33-27-8-3-23(4-9-27)18-32(40)36-28-10-5-25(6-11-28)26-7-12-29-30(19-26)37-31(21-35-29)39-16-14-38(15-17-39)22-24-2-1-13-34-20-24/h1-13,19-21H,14-18,22,33H2,(H,36,40). The van der Waals surface area contributed by atoms with Crippen molar-refractivity contribution < 1.29 is 4.79 Å². The number of rotatable bonds is 7. The molecule has 2 aromatic heterocycles. The van der Waals surface area contributed by atoms with Crippen molar-refractivity contribution in [1.82, 2.24) is 19.9 Å². The lowest BCUT2D eigenvalue weighted by molar-refractivity contribution is -0.115. The van der Waals surface area contributed by atoms with Crippen LogP contribution >= 0.6 is 0 Å². The highest BCUT2D eigenvalue weighted by molar-refractivity contribution is 5.92. The molecule has 1 aliphatic rings. The number of carbonyl (C=O) groups is 1. The van der Waals surface area contributed by atoms with E-state index in [9.17, 15) is 4.79 Å². The fourth-order valence-electron chi connectivity index (χ4n) is 4.99. The van der Waals surface area contributed by atoms with Crippen molar-refractivity contribution in [3.63, 3.8) is 0 Å². The van der Waals surface area contributed by atoms with Gasteiger partial charge in [0.2, 0.25) is 5.91 Å². The number of nitrogens with two attached hydrogens (primary N) is 1. The topological polar surface area (TPSA) is 100 Å². The van der Waals surface area contributed by atoms with E-state index in [-0.39, 0.29) is 5.91 Å². The van der Waals surface area contributed by atoms with Gasteiger partial charge in [-0.2, -0.15) is 0 Å². The Balaban J connectivity index is 1.10. The average Bonchev–Trinajstić information content (AvgIpc) is 2.99. The Kier molecular flexibility index (Phi) is 7.32. The van der Waals surface area contributed by atoms with Gasteiger partial charge in [0.15, 0.2) is 0 Å². The van der Waals surface area contributed by atoms with Gasteiger partial charge in [-0.25, -0.2) is 4.98 Å². The summed E-state index contributed by atoms with van der Waals surface area (Å²) in [6, 6.07) is 25.5. The molecule has 1 aliphatic heterocycles. The predicted molar refractivity (Wildman–Crippen MR) is 160 cm³/mol. The first-order chi connectivity index (χ1) is 19.6. The highest BCUT2D eigenvalue weighted by atomic mass is 16.1. The van der Waals surface area contributed by atoms with Crippen LogP contribution in [0.3, 0.4) is 0 Å². The molecule has 0 atom stereocenters. The number of hydrogen-bond acceptors (Lipinski definition) is 7. The first-order valence-electron chi connectivity index (χ1n) is 13.5. The van der Waals surface area contributed by atoms with Crippen molar-refractivity contribution in [1.29, 1.82) is 0 Å². The lowest BCUT2D eigenvalue weighted by atomic mass is 10.0. The van der Waals surface area contributed by atoms with Crippen LogP contribution in [-0.2, 0) is 17.8 Å². The molecule has 1 fully saturated rings. The van der Waals surface area contributed by atoms with Gasteiger partial charge >= 0.3 is 0 Å². The van der Waals surface area contributed by atoms with Crippen molar-refractivity contribution in [3.8, 4) is 11.1 Å². The molecule has 1 amide bonds. The summed E-state index contributed by atoms with van der Waals surface area (Å²) in [5.41, 5.74) is 13.2. The van der Waals surface area contributed by atoms with Gasteiger partial charge in [0, 0.05) is 56.5 Å². The highest BCUT2D eigenvalue weighted by Crippen LogP contribution is 2.26. The summed E-state index contributed by atoms with van der Waals surface area (Å²) in [6.07, 6.45) is 5.92. The molecule has 0 aliphatic carbocycles. The predicted octanol–water partition coefficient (Wildman–Crippen LogP) is 4.78. The normalized spacial score (nSPS) is 13.8. The molecule has 3 aromatic carbocycles. The van der Waals surface area contributed by atoms with E-state index in [1.807, 2.05) is 67.1 Å². The van der Waals surface area contributed by atoms with Gasteiger partial charge in [0.1, 0.15) is 5.82 Å². The fraction of sp³-hybridized carbons (Fsp3) is 0.188. The Bertz CT molecular complexity index is 1600. The Morgan fingerprint density at radius 2 is 1.60 bits per heavy atom. The van der Waals surface area contributed by atoms with Crippen molar-refractivity contribution in [2.75, 3.05) is 42.1 Å². The maximum absolute atomic E-state index is 12.5. The molecule has 3 N–H and O–H groups in total. The van der Waals surface area contributed by atoms with Crippen LogP contribution in [0.2, 0.25) is 0 Å². The van der Waals surface area contributed by atoms with E-state index >= 15 is 0 Å². The number of anilines is 3. The van der Waals surface area contributed by atoms with Crippen LogP contribution in [0.4, 0.5) is 17.2 Å².